The van der Waals surface area contributed by atoms with Crippen LogP contribution in [0.15, 0.2) is 32.1 Å². The molecular weight excluding hydrogens is 777 g/mol. The van der Waals surface area contributed by atoms with Crippen LogP contribution in [0.4, 0.5) is 13.2 Å². The minimum Gasteiger partial charge on any atom is -0.490 e. The molecule has 0 spiro atoms. The molecule has 264 valence electrons. The Hall–Kier alpha value is -4.34. The molecule has 0 unspecified atom stereocenters. The van der Waals surface area contributed by atoms with Crippen LogP contribution in [0.25, 0.3) is 0 Å². The number of hydrogen-bond acceptors (Lipinski definition) is 10. The summed E-state index contributed by atoms with van der Waals surface area (Å²) in [7, 11) is 0. The highest BCUT2D eigenvalue weighted by atomic mass is 79.9. The van der Waals surface area contributed by atoms with Crippen LogP contribution in [0, 0.1) is 40.1 Å². The van der Waals surface area contributed by atoms with Crippen molar-refractivity contribution in [3.63, 3.8) is 0 Å². The van der Waals surface area contributed by atoms with Crippen LogP contribution in [0.1, 0.15) is 63.8 Å². The number of benzene rings is 3. The predicted octanol–water partition coefficient (Wildman–Crippen LogP) is 8.36. The molecule has 1 aliphatic rings. The molecule has 0 amide bonds. The van der Waals surface area contributed by atoms with Crippen LogP contribution in [0.2, 0.25) is 0 Å². The highest BCUT2D eigenvalue weighted by molar-refractivity contribution is 9.13. The van der Waals surface area contributed by atoms with Crippen molar-refractivity contribution in [2.75, 3.05) is 39.6 Å². The molecule has 4 rings (SSSR count). The van der Waals surface area contributed by atoms with E-state index in [2.05, 4.69) is 36.9 Å². The van der Waals surface area contributed by atoms with Gasteiger partial charge in [-0.3, -0.25) is 4.99 Å². The maximum Gasteiger partial charge on any atom is 0.198 e. The smallest absolute Gasteiger partial charge is 0.198 e. The number of aliphatic imine (C=N–C) groups is 1. The Bertz CT molecular complexity index is 1730. The number of amidine groups is 1. The van der Waals surface area contributed by atoms with Crippen LogP contribution in [-0.2, 0) is 6.54 Å². The molecule has 0 saturated carbocycles. The topological polar surface area (TPSA) is 141 Å². The van der Waals surface area contributed by atoms with Gasteiger partial charge in [0.05, 0.1) is 61.8 Å². The Morgan fingerprint density at radius 3 is 1.59 bits per heavy atom. The molecule has 0 bridgehead atoms. The first kappa shape index (κ1) is 40.8. The van der Waals surface area contributed by atoms with Gasteiger partial charge >= 0.3 is 0 Å². The fourth-order valence-corrected chi connectivity index (χ4v) is 4.97. The molecule has 15 heteroatoms. The van der Waals surface area contributed by atoms with Crippen LogP contribution in [-0.4, -0.2) is 45.5 Å². The summed E-state index contributed by atoms with van der Waals surface area (Å²) in [5.41, 5.74) is 6.36. The normalized spacial score (nSPS) is 10.9. The Kier molecular flexibility index (Phi) is 16.9. The molecule has 1 aliphatic heterocycles. The number of ether oxygens (including phenoxy) is 6. The van der Waals surface area contributed by atoms with Gasteiger partial charge < -0.3 is 34.2 Å². The summed E-state index contributed by atoms with van der Waals surface area (Å²) < 4.78 is 74.3. The van der Waals surface area contributed by atoms with Gasteiger partial charge in [-0.15, -0.1) is 0 Å². The molecule has 0 aromatic heterocycles. The van der Waals surface area contributed by atoms with Crippen LogP contribution >= 0.6 is 31.9 Å². The van der Waals surface area contributed by atoms with E-state index >= 15 is 0 Å². The van der Waals surface area contributed by atoms with Gasteiger partial charge in [0.25, 0.3) is 0 Å². The SMILES string of the molecule is CCOc1cc(Br)c(Br)c(F)c1OCC.CCOc1cc(C#N)c(C#N)c(F)c1OCC.CCOc1cc2c(c(F)c1OCC)C(N)=NC2. The molecule has 3 aromatic carbocycles. The first-order valence-corrected chi connectivity index (χ1v) is 16.8. The lowest BCUT2D eigenvalue weighted by Gasteiger charge is -2.14. The molecule has 0 radical (unpaired) electrons. The van der Waals surface area contributed by atoms with E-state index in [1.54, 1.807) is 52.0 Å². The molecule has 49 heavy (non-hydrogen) atoms. The van der Waals surface area contributed by atoms with Crippen LogP contribution in [0.3, 0.4) is 0 Å². The lowest BCUT2D eigenvalue weighted by molar-refractivity contribution is 0.275. The first-order chi connectivity index (χ1) is 23.5. The summed E-state index contributed by atoms with van der Waals surface area (Å²) in [5.74, 6) is -0.447. The maximum absolute atomic E-state index is 14.2. The Morgan fingerprint density at radius 2 is 1.12 bits per heavy atom. The minimum absolute atomic E-state index is 0.0584. The van der Waals surface area contributed by atoms with Crippen LogP contribution < -0.4 is 34.2 Å². The van der Waals surface area contributed by atoms with E-state index in [0.717, 1.165) is 5.56 Å². The summed E-state index contributed by atoms with van der Waals surface area (Å²) >= 11 is 6.36. The molecule has 0 saturated heterocycles. The number of nitriles is 2. The Morgan fingerprint density at radius 1 is 0.673 bits per heavy atom. The second-order valence-electron chi connectivity index (χ2n) is 9.33. The van der Waals surface area contributed by atoms with E-state index < -0.39 is 17.5 Å². The standard InChI is InChI=1S/C12H15FN2O2.C12H11FN2O2.C10H11Br2FO2/c1-3-16-8-5-7-6-15-12(14)9(7)10(13)11(8)17-4-2;1-3-16-10-5-8(6-14)9(7-15)11(13)12(10)17-4-2;1-3-14-7-5-6(11)8(12)9(13)10(7)15-4-2/h5H,3-4,6H2,1-2H3,(H2,14,15);5H,3-4H2,1-2H3;5H,3-4H2,1-2H3. The van der Waals surface area contributed by atoms with Gasteiger partial charge in [-0.05, 0) is 91.1 Å². The first-order valence-electron chi connectivity index (χ1n) is 15.3. The second-order valence-corrected chi connectivity index (χ2v) is 11.0. The van der Waals surface area contributed by atoms with Gasteiger partial charge in [-0.2, -0.15) is 10.5 Å². The third kappa shape index (κ3) is 10.1. The molecule has 1 heterocycles. The van der Waals surface area contributed by atoms with E-state index in [1.807, 2.05) is 13.8 Å². The maximum atomic E-state index is 14.2. The van der Waals surface area contributed by atoms with Gasteiger partial charge in [0.15, 0.2) is 51.9 Å². The number of nitrogens with zero attached hydrogens (tertiary/aromatic N) is 3. The van der Waals surface area contributed by atoms with Gasteiger partial charge in [0.2, 0.25) is 0 Å². The highest BCUT2D eigenvalue weighted by Gasteiger charge is 2.26. The third-order valence-corrected chi connectivity index (χ3v) is 8.15. The summed E-state index contributed by atoms with van der Waals surface area (Å²) in [4.78, 5) is 4.01. The van der Waals surface area contributed by atoms with Gasteiger partial charge in [-0.1, -0.05) is 0 Å². The van der Waals surface area contributed by atoms with Crippen molar-refractivity contribution < 1.29 is 41.6 Å². The molecular formula is C34H37Br2F3N4O6. The molecule has 3 aromatic rings. The van der Waals surface area contributed by atoms with Crippen molar-refractivity contribution in [2.45, 2.75) is 48.1 Å². The summed E-state index contributed by atoms with van der Waals surface area (Å²) in [5, 5.41) is 17.6. The van der Waals surface area contributed by atoms with Gasteiger partial charge in [-0.25, -0.2) is 13.2 Å². The molecule has 0 atom stereocenters. The van der Waals surface area contributed by atoms with Crippen molar-refractivity contribution in [3.8, 4) is 46.6 Å². The largest absolute Gasteiger partial charge is 0.490 e. The molecule has 0 fully saturated rings. The molecule has 0 aliphatic carbocycles. The predicted molar refractivity (Wildman–Crippen MR) is 185 cm³/mol. The summed E-state index contributed by atoms with van der Waals surface area (Å²) in [6.07, 6.45) is 0. The fraction of sp³-hybridized carbons (Fsp3) is 0.382. The van der Waals surface area contributed by atoms with E-state index in [9.17, 15) is 13.2 Å². The molecule has 2 N–H and O–H groups in total. The Labute approximate surface area is 300 Å². The van der Waals surface area contributed by atoms with Crippen molar-refractivity contribution in [1.82, 2.24) is 0 Å². The third-order valence-electron chi connectivity index (χ3n) is 6.21. The van der Waals surface area contributed by atoms with Crippen molar-refractivity contribution >= 4 is 37.7 Å². The minimum atomic E-state index is -0.850. The average Bonchev–Trinajstić information content (AvgIpc) is 3.46. The zero-order chi connectivity index (χ0) is 36.7. The van der Waals surface area contributed by atoms with Gasteiger partial charge in [0.1, 0.15) is 23.5 Å². The van der Waals surface area contributed by atoms with Crippen molar-refractivity contribution in [3.05, 3.63) is 66.9 Å². The zero-order valence-electron chi connectivity index (χ0n) is 27.9. The number of nitrogens with two attached hydrogens (primary N) is 1. The average molecular weight is 814 g/mol. The number of hydrogen-bond donors (Lipinski definition) is 1. The van der Waals surface area contributed by atoms with E-state index in [4.69, 9.17) is 44.7 Å². The number of halogens is 5. The lowest BCUT2D eigenvalue weighted by Crippen LogP contribution is -2.14. The van der Waals surface area contributed by atoms with Crippen molar-refractivity contribution in [2.24, 2.45) is 10.7 Å². The fourth-order valence-electron chi connectivity index (χ4n) is 4.30. The quantitative estimate of drug-likeness (QED) is 0.179. The number of rotatable bonds is 12. The highest BCUT2D eigenvalue weighted by Crippen LogP contribution is 2.40. The lowest BCUT2D eigenvalue weighted by atomic mass is 10.1. The van der Waals surface area contributed by atoms with Crippen LogP contribution in [0.5, 0.6) is 34.5 Å². The van der Waals surface area contributed by atoms with E-state index in [1.165, 1.54) is 6.07 Å². The number of fused-ring (bicyclic) bond motifs is 1. The zero-order valence-corrected chi connectivity index (χ0v) is 31.1. The second kappa shape index (κ2) is 20.2. The molecule has 10 nitrogen and oxygen atoms in total. The monoisotopic (exact) mass is 812 g/mol. The van der Waals surface area contributed by atoms with E-state index in [-0.39, 0.29) is 46.6 Å². The van der Waals surface area contributed by atoms with E-state index in [0.29, 0.717) is 65.6 Å². The summed E-state index contributed by atoms with van der Waals surface area (Å²) in [6, 6.07) is 8.15. The van der Waals surface area contributed by atoms with Crippen molar-refractivity contribution in [1.29, 1.82) is 10.5 Å². The van der Waals surface area contributed by atoms with Gasteiger partial charge in [0, 0.05) is 10.5 Å². The Balaban J connectivity index is 0.000000256. The summed E-state index contributed by atoms with van der Waals surface area (Å²) in [6.45, 7) is 13.3.